The van der Waals surface area contributed by atoms with Gasteiger partial charge < -0.3 is 10.6 Å². The van der Waals surface area contributed by atoms with Crippen molar-refractivity contribution >= 4 is 11.8 Å². The molecule has 0 aromatic heterocycles. The molecule has 1 aromatic carbocycles. The van der Waals surface area contributed by atoms with Crippen LogP contribution < -0.4 is 10.6 Å². The molecular weight excluding hydrogens is 264 g/mol. The summed E-state index contributed by atoms with van der Waals surface area (Å²) in [6.07, 6.45) is 0. The fourth-order valence-corrected chi connectivity index (χ4v) is 1.88. The van der Waals surface area contributed by atoms with E-state index < -0.39 is 6.04 Å². The zero-order valence-electron chi connectivity index (χ0n) is 13.8. The molecule has 4 nitrogen and oxygen atoms in total. The number of benzene rings is 1. The summed E-state index contributed by atoms with van der Waals surface area (Å²) in [7, 11) is 0. The second kappa shape index (κ2) is 6.74. The van der Waals surface area contributed by atoms with E-state index in [0.717, 1.165) is 0 Å². The molecule has 0 saturated heterocycles. The Morgan fingerprint density at radius 1 is 0.952 bits per heavy atom. The molecule has 1 atom stereocenters. The van der Waals surface area contributed by atoms with Crippen molar-refractivity contribution in [3.63, 3.8) is 0 Å². The van der Waals surface area contributed by atoms with Crippen LogP contribution in [0, 0.1) is 0 Å². The normalized spacial score (nSPS) is 12.9. The molecule has 0 saturated carbocycles. The van der Waals surface area contributed by atoms with E-state index in [1.807, 2.05) is 26.0 Å². The molecule has 0 aliphatic rings. The lowest BCUT2D eigenvalue weighted by Gasteiger charge is -2.19. The number of nitrogens with one attached hydrogen (secondary N) is 2. The van der Waals surface area contributed by atoms with Gasteiger partial charge in [-0.15, -0.1) is 0 Å². The quantitative estimate of drug-likeness (QED) is 0.895. The van der Waals surface area contributed by atoms with E-state index in [9.17, 15) is 9.59 Å². The van der Waals surface area contributed by atoms with Crippen LogP contribution in [0.15, 0.2) is 24.3 Å². The van der Waals surface area contributed by atoms with E-state index in [0.29, 0.717) is 5.56 Å². The molecule has 1 rings (SSSR count). The second-order valence-corrected chi connectivity index (χ2v) is 6.69. The monoisotopic (exact) mass is 290 g/mol. The molecule has 0 aliphatic heterocycles. The van der Waals surface area contributed by atoms with Crippen molar-refractivity contribution in [1.82, 2.24) is 10.6 Å². The van der Waals surface area contributed by atoms with Crippen LogP contribution in [0.25, 0.3) is 0 Å². The average Bonchev–Trinajstić information content (AvgIpc) is 2.36. The lowest BCUT2D eigenvalue weighted by atomic mass is 9.86. The van der Waals surface area contributed by atoms with Crippen molar-refractivity contribution < 1.29 is 9.59 Å². The third kappa shape index (κ3) is 5.21. The first-order valence-electron chi connectivity index (χ1n) is 7.33. The van der Waals surface area contributed by atoms with Crippen molar-refractivity contribution in [2.45, 2.75) is 59.0 Å². The summed E-state index contributed by atoms with van der Waals surface area (Å²) in [5, 5.41) is 5.48. The largest absolute Gasteiger partial charge is 0.352 e. The molecule has 0 aliphatic carbocycles. The third-order valence-corrected chi connectivity index (χ3v) is 3.18. The number of rotatable bonds is 4. The Bertz CT molecular complexity index is 499. The number of amides is 2. The minimum Gasteiger partial charge on any atom is -0.352 e. The van der Waals surface area contributed by atoms with Crippen molar-refractivity contribution in [2.24, 2.45) is 0 Å². The minimum absolute atomic E-state index is 0.0550. The molecule has 4 heteroatoms. The Morgan fingerprint density at radius 2 is 1.48 bits per heavy atom. The summed E-state index contributed by atoms with van der Waals surface area (Å²) in [6.45, 7) is 11.8. The van der Waals surface area contributed by atoms with E-state index in [1.54, 1.807) is 19.1 Å². The number of hydrogen-bond donors (Lipinski definition) is 2. The average molecular weight is 290 g/mol. The smallest absolute Gasteiger partial charge is 0.251 e. The summed E-state index contributed by atoms with van der Waals surface area (Å²) < 4.78 is 0. The predicted octanol–water partition coefficient (Wildman–Crippen LogP) is 2.63. The minimum atomic E-state index is -0.554. The van der Waals surface area contributed by atoms with Crippen LogP contribution in [0.1, 0.15) is 57.5 Å². The van der Waals surface area contributed by atoms with Gasteiger partial charge in [0.1, 0.15) is 6.04 Å². The maximum Gasteiger partial charge on any atom is 0.251 e. The second-order valence-electron chi connectivity index (χ2n) is 6.69. The van der Waals surface area contributed by atoms with Gasteiger partial charge in [0.2, 0.25) is 5.91 Å². The van der Waals surface area contributed by atoms with Gasteiger partial charge in [0.15, 0.2) is 0 Å². The van der Waals surface area contributed by atoms with Gasteiger partial charge in [-0.05, 0) is 43.9 Å². The first kappa shape index (κ1) is 17.2. The summed E-state index contributed by atoms with van der Waals surface area (Å²) >= 11 is 0. The lowest BCUT2D eigenvalue weighted by molar-refractivity contribution is -0.123. The predicted molar refractivity (Wildman–Crippen MR) is 85.3 cm³/mol. The van der Waals surface area contributed by atoms with Gasteiger partial charge in [0.25, 0.3) is 5.91 Å². The zero-order valence-corrected chi connectivity index (χ0v) is 13.8. The third-order valence-electron chi connectivity index (χ3n) is 3.18. The fraction of sp³-hybridized carbons (Fsp3) is 0.529. The van der Waals surface area contributed by atoms with E-state index >= 15 is 0 Å². The SMILES string of the molecule is CC(C)NC(=O)C(C)NC(=O)c1ccc(C(C)(C)C)cc1. The highest BCUT2D eigenvalue weighted by Crippen LogP contribution is 2.22. The highest BCUT2D eigenvalue weighted by Gasteiger charge is 2.18. The fourth-order valence-electron chi connectivity index (χ4n) is 1.88. The Balaban J connectivity index is 2.70. The Morgan fingerprint density at radius 3 is 1.90 bits per heavy atom. The van der Waals surface area contributed by atoms with E-state index in [4.69, 9.17) is 0 Å². The molecule has 1 unspecified atom stereocenters. The van der Waals surface area contributed by atoms with Crippen LogP contribution in [0.3, 0.4) is 0 Å². The molecule has 2 N–H and O–H groups in total. The number of carbonyl (C=O) groups excluding carboxylic acids is 2. The highest BCUT2D eigenvalue weighted by molar-refractivity contribution is 5.97. The van der Waals surface area contributed by atoms with Crippen LogP contribution in [-0.2, 0) is 10.2 Å². The maximum absolute atomic E-state index is 12.1. The molecule has 1 aromatic rings. The van der Waals surface area contributed by atoms with E-state index in [2.05, 4.69) is 31.4 Å². The summed E-state index contributed by atoms with van der Waals surface area (Å²) in [6, 6.07) is 7.00. The van der Waals surface area contributed by atoms with Crippen LogP contribution in [0.2, 0.25) is 0 Å². The van der Waals surface area contributed by atoms with Crippen LogP contribution in [0.5, 0.6) is 0 Å². The first-order valence-corrected chi connectivity index (χ1v) is 7.33. The standard InChI is InChI=1S/C17H26N2O2/c1-11(2)18-15(20)12(3)19-16(21)13-7-9-14(10-8-13)17(4,5)6/h7-12H,1-6H3,(H,18,20)(H,19,21). The van der Waals surface area contributed by atoms with E-state index in [-0.39, 0.29) is 23.3 Å². The molecule has 0 heterocycles. The van der Waals surface area contributed by atoms with Crippen molar-refractivity contribution in [3.05, 3.63) is 35.4 Å². The molecule has 21 heavy (non-hydrogen) atoms. The van der Waals surface area contributed by atoms with Gasteiger partial charge >= 0.3 is 0 Å². The van der Waals surface area contributed by atoms with Crippen LogP contribution in [-0.4, -0.2) is 23.9 Å². The highest BCUT2D eigenvalue weighted by atomic mass is 16.2. The Hall–Kier alpha value is -1.84. The molecule has 0 radical (unpaired) electrons. The molecular formula is C17H26N2O2. The van der Waals surface area contributed by atoms with Crippen LogP contribution >= 0.6 is 0 Å². The van der Waals surface area contributed by atoms with Gasteiger partial charge in [-0.2, -0.15) is 0 Å². The first-order chi connectivity index (χ1) is 9.61. The van der Waals surface area contributed by atoms with Crippen molar-refractivity contribution in [3.8, 4) is 0 Å². The van der Waals surface area contributed by atoms with E-state index in [1.165, 1.54) is 5.56 Å². The van der Waals surface area contributed by atoms with Gasteiger partial charge in [-0.1, -0.05) is 32.9 Å². The van der Waals surface area contributed by atoms with Gasteiger partial charge in [0, 0.05) is 11.6 Å². The topological polar surface area (TPSA) is 58.2 Å². The summed E-state index contributed by atoms with van der Waals surface area (Å²) in [5.74, 6) is -0.411. The summed E-state index contributed by atoms with van der Waals surface area (Å²) in [5.41, 5.74) is 1.79. The van der Waals surface area contributed by atoms with Gasteiger partial charge in [-0.3, -0.25) is 9.59 Å². The Labute approximate surface area is 127 Å². The molecule has 0 spiro atoms. The molecule has 0 fully saturated rings. The van der Waals surface area contributed by atoms with Gasteiger partial charge in [0.05, 0.1) is 0 Å². The number of carbonyl (C=O) groups is 2. The van der Waals surface area contributed by atoms with Gasteiger partial charge in [-0.25, -0.2) is 0 Å². The zero-order chi connectivity index (χ0) is 16.2. The van der Waals surface area contributed by atoms with Crippen molar-refractivity contribution in [1.29, 1.82) is 0 Å². The van der Waals surface area contributed by atoms with Crippen molar-refractivity contribution in [2.75, 3.05) is 0 Å². The Kier molecular flexibility index (Phi) is 5.53. The number of hydrogen-bond acceptors (Lipinski definition) is 2. The molecule has 116 valence electrons. The lowest BCUT2D eigenvalue weighted by Crippen LogP contribution is -2.46. The summed E-state index contributed by atoms with van der Waals surface area (Å²) in [4.78, 5) is 23.9. The maximum atomic E-state index is 12.1. The molecule has 0 bridgehead atoms. The molecule has 2 amide bonds. The van der Waals surface area contributed by atoms with Crippen LogP contribution in [0.4, 0.5) is 0 Å².